The third kappa shape index (κ3) is 7.65. The summed E-state index contributed by atoms with van der Waals surface area (Å²) < 4.78 is 24.5. The molecule has 6 heteroatoms. The lowest BCUT2D eigenvalue weighted by Gasteiger charge is -1.88. The van der Waals surface area contributed by atoms with E-state index in [4.69, 9.17) is 15.4 Å². The third-order valence-corrected chi connectivity index (χ3v) is 1.02. The summed E-state index contributed by atoms with van der Waals surface area (Å²) in [4.78, 5) is 10.2. The molecule has 0 radical (unpaired) electrons. The first-order valence-corrected chi connectivity index (χ1v) is 5.79. The maximum absolute atomic E-state index is 10.2. The molecule has 1 rings (SSSR count). The molecule has 0 aliphatic carbocycles. The minimum absolute atomic E-state index is 0.331. The predicted molar refractivity (Wildman–Crippen MR) is 35.6 cm³/mol. The van der Waals surface area contributed by atoms with Gasteiger partial charge >= 0.3 is 27.0 Å². The average molecular weight is 298 g/mol. The molecule has 1 aromatic carbocycles. The van der Waals surface area contributed by atoms with Crippen LogP contribution in [-0.4, -0.2) is 14.5 Å². The van der Waals surface area contributed by atoms with E-state index in [1.807, 2.05) is 0 Å². The van der Waals surface area contributed by atoms with E-state index in [0.717, 1.165) is 0 Å². The van der Waals surface area contributed by atoms with E-state index >= 15 is 0 Å². The molecule has 0 spiro atoms. The van der Waals surface area contributed by atoms with Crippen LogP contribution in [0.15, 0.2) is 30.3 Å². The van der Waals surface area contributed by atoms with Crippen molar-refractivity contribution in [3.8, 4) is 0 Å². The molecule has 0 aromatic heterocycles. The first-order valence-electron chi connectivity index (χ1n) is 3.07. The summed E-state index contributed by atoms with van der Waals surface area (Å²) in [6, 6.07) is 8.30. The lowest BCUT2D eigenvalue weighted by molar-refractivity contribution is -1.63. The number of aromatic carboxylic acids is 1. The Morgan fingerprint density at radius 3 is 1.85 bits per heavy atom. The van der Waals surface area contributed by atoms with Crippen LogP contribution < -0.4 is 27.9 Å². The minimum atomic E-state index is -3.76. The molecule has 0 unspecified atom stereocenters. The van der Waals surface area contributed by atoms with E-state index in [2.05, 4.69) is 0 Å². The van der Waals surface area contributed by atoms with Gasteiger partial charge in [-0.3, -0.25) is 0 Å². The smallest absolute Gasteiger partial charge is 0.478 e. The zero-order valence-electron chi connectivity index (χ0n) is 6.38. The van der Waals surface area contributed by atoms with Gasteiger partial charge in [-0.1, -0.05) is 18.2 Å². The van der Waals surface area contributed by atoms with Crippen LogP contribution >= 0.6 is 0 Å². The Balaban J connectivity index is 0.000000310. The fraction of sp³-hybridized carbons (Fsp3) is 0. The normalized spacial score (nSPS) is 8.92. The molecule has 0 saturated heterocycles. The summed E-state index contributed by atoms with van der Waals surface area (Å²) in [7, 11) is 0. The van der Waals surface area contributed by atoms with Gasteiger partial charge in [-0.15, -0.1) is 0 Å². The van der Waals surface area contributed by atoms with Crippen molar-refractivity contribution in [1.29, 1.82) is 0 Å². The van der Waals surface area contributed by atoms with E-state index < -0.39 is 27.0 Å². The van der Waals surface area contributed by atoms with Crippen LogP contribution in [0.2, 0.25) is 0 Å². The maximum Gasteiger partial charge on any atom is 0.503 e. The highest BCUT2D eigenvalue weighted by Gasteiger charge is 1.96. The van der Waals surface area contributed by atoms with Gasteiger partial charge in [0.25, 0.3) is 0 Å². The molecule has 0 aliphatic heterocycles. The van der Waals surface area contributed by atoms with Crippen molar-refractivity contribution in [1.82, 2.24) is 0 Å². The zero-order valence-corrected chi connectivity index (χ0v) is 8.54. The minimum Gasteiger partial charge on any atom is -0.478 e. The van der Waals surface area contributed by atoms with Crippen LogP contribution in [-0.2, 0) is 0 Å². The summed E-state index contributed by atoms with van der Waals surface area (Å²) in [5.74, 6) is -0.879. The van der Waals surface area contributed by atoms with E-state index in [1.165, 1.54) is 0 Å². The molecule has 0 bridgehead atoms. The predicted octanol–water partition coefficient (Wildman–Crippen LogP) is -4.55. The maximum atomic E-state index is 10.2. The quantitative estimate of drug-likeness (QED) is 0.508. The number of carboxylic acids is 1. The number of hydrogen-bond donors (Lipinski definition) is 2. The number of rotatable bonds is 1. The van der Waals surface area contributed by atoms with Crippen molar-refractivity contribution in [3.05, 3.63) is 35.9 Å². The number of carboxylic acid groups (broad SMARTS) is 1. The van der Waals surface area contributed by atoms with Gasteiger partial charge in [-0.2, -0.15) is 0 Å². The second-order valence-corrected chi connectivity index (χ2v) is 3.02. The van der Waals surface area contributed by atoms with E-state index in [-0.39, 0.29) is 0 Å². The molecule has 2 N–H and O–H groups in total. The zero-order chi connectivity index (χ0) is 10.3. The summed E-state index contributed by atoms with van der Waals surface area (Å²) in [6.45, 7) is 0. The largest absolute Gasteiger partial charge is 0.503 e. The van der Waals surface area contributed by atoms with E-state index in [1.54, 1.807) is 30.3 Å². The first kappa shape index (κ1) is 12.3. The Bertz CT molecular complexity index is 246. The van der Waals surface area contributed by atoms with Gasteiger partial charge in [0.15, 0.2) is 0 Å². The van der Waals surface area contributed by atoms with Crippen LogP contribution in [0.4, 0.5) is 0 Å². The van der Waals surface area contributed by atoms with Crippen molar-refractivity contribution in [2.75, 3.05) is 0 Å². The summed E-state index contributed by atoms with van der Waals surface area (Å²) in [5.41, 5.74) is 0.331. The van der Waals surface area contributed by atoms with Gasteiger partial charge < -0.3 is 12.0 Å². The highest BCUT2D eigenvalue weighted by Crippen LogP contribution is 1.96. The molecule has 13 heavy (non-hydrogen) atoms. The van der Waals surface area contributed by atoms with Crippen LogP contribution in [0.1, 0.15) is 10.4 Å². The van der Waals surface area contributed by atoms with Crippen LogP contribution in [0.25, 0.3) is 0 Å². The SMILES string of the molecule is O=C(O)c1ccccc1.[O-][I+2]([O-])O. The molecular formula is C7H7IO5. The van der Waals surface area contributed by atoms with E-state index in [0.29, 0.717) is 5.56 Å². The van der Waals surface area contributed by atoms with Crippen molar-refractivity contribution >= 4 is 5.97 Å². The monoisotopic (exact) mass is 298 g/mol. The van der Waals surface area contributed by atoms with Crippen molar-refractivity contribution < 1.29 is 41.3 Å². The molecular weight excluding hydrogens is 291 g/mol. The lowest BCUT2D eigenvalue weighted by atomic mass is 10.2. The summed E-state index contributed by atoms with van der Waals surface area (Å²) in [6.07, 6.45) is 0. The van der Waals surface area contributed by atoms with Gasteiger partial charge in [0, 0.05) is 0 Å². The fourth-order valence-corrected chi connectivity index (χ4v) is 0.581. The van der Waals surface area contributed by atoms with Crippen LogP contribution in [0, 0.1) is 0 Å². The Morgan fingerprint density at radius 1 is 1.23 bits per heavy atom. The van der Waals surface area contributed by atoms with Gasteiger partial charge in [0.1, 0.15) is 0 Å². The molecule has 0 saturated carbocycles. The molecule has 72 valence electrons. The Kier molecular flexibility index (Phi) is 6.41. The van der Waals surface area contributed by atoms with Crippen LogP contribution in [0.3, 0.4) is 0 Å². The second-order valence-electron chi connectivity index (χ2n) is 1.87. The molecule has 0 atom stereocenters. The van der Waals surface area contributed by atoms with Crippen LogP contribution in [0.5, 0.6) is 0 Å². The highest BCUT2D eigenvalue weighted by atomic mass is 127. The van der Waals surface area contributed by atoms with Gasteiger partial charge in [-0.25, -0.2) is 4.79 Å². The average Bonchev–Trinajstić information content (AvgIpc) is 2.05. The van der Waals surface area contributed by atoms with Gasteiger partial charge in [0.2, 0.25) is 0 Å². The molecule has 0 aliphatic rings. The van der Waals surface area contributed by atoms with Gasteiger partial charge in [-0.05, 0) is 15.6 Å². The van der Waals surface area contributed by atoms with Gasteiger partial charge in [0.05, 0.1) is 5.56 Å². The second kappa shape index (κ2) is 6.78. The molecule has 1 aromatic rings. The molecule has 0 fully saturated rings. The number of hydrogen-bond acceptors (Lipinski definition) is 4. The Hall–Kier alpha value is -0.700. The van der Waals surface area contributed by atoms with Crippen molar-refractivity contribution in [2.24, 2.45) is 0 Å². The Labute approximate surface area is 83.3 Å². The number of benzene rings is 1. The van der Waals surface area contributed by atoms with Crippen molar-refractivity contribution in [3.63, 3.8) is 0 Å². The summed E-state index contributed by atoms with van der Waals surface area (Å²) >= 11 is -3.76. The third-order valence-electron chi connectivity index (χ3n) is 1.02. The van der Waals surface area contributed by atoms with E-state index in [9.17, 15) is 4.79 Å². The molecule has 0 heterocycles. The highest BCUT2D eigenvalue weighted by molar-refractivity contribution is 5.87. The van der Waals surface area contributed by atoms with Crippen molar-refractivity contribution in [2.45, 2.75) is 0 Å². The molecule has 5 nitrogen and oxygen atoms in total. The first-order chi connectivity index (χ1) is 6.04. The fourth-order valence-electron chi connectivity index (χ4n) is 0.581. The standard InChI is InChI=1S/C7H6O2.HIO3/c8-7(9)6-4-2-1-3-5-6;2-1(3)4/h1-5H,(H,8,9);2H. The number of halogens is 1. The Morgan fingerprint density at radius 2 is 1.62 bits per heavy atom. The number of carbonyl (C=O) groups is 1. The summed E-state index contributed by atoms with van der Waals surface area (Å²) in [5, 5.41) is 8.38. The lowest BCUT2D eigenvalue weighted by Crippen LogP contribution is -3.98. The topological polar surface area (TPSA) is 104 Å². The molecule has 0 amide bonds.